The van der Waals surface area contributed by atoms with E-state index in [1.165, 1.54) is 6.92 Å². The first-order valence-corrected chi connectivity index (χ1v) is 6.26. The van der Waals surface area contributed by atoms with Gasteiger partial charge in [0.05, 0.1) is 10.0 Å². The van der Waals surface area contributed by atoms with Gasteiger partial charge in [-0.15, -0.1) is 0 Å². The maximum Gasteiger partial charge on any atom is 0.162 e. The average Bonchev–Trinajstić information content (AvgIpc) is 2.36. The summed E-state index contributed by atoms with van der Waals surface area (Å²) in [7, 11) is 0. The Kier molecular flexibility index (Phi) is 3.98. The van der Waals surface area contributed by atoms with Crippen molar-refractivity contribution < 1.29 is 9.53 Å². The Morgan fingerprint density at radius 3 is 2.32 bits per heavy atom. The van der Waals surface area contributed by atoms with E-state index in [-0.39, 0.29) is 5.78 Å². The minimum Gasteiger partial charge on any atom is -0.457 e. The molecule has 2 aromatic rings. The van der Waals surface area contributed by atoms with E-state index in [0.717, 1.165) is 0 Å². The first kappa shape index (κ1) is 13.7. The van der Waals surface area contributed by atoms with Crippen LogP contribution in [0.4, 0.5) is 5.69 Å². The lowest BCUT2D eigenvalue weighted by atomic mass is 10.1. The van der Waals surface area contributed by atoms with Crippen molar-refractivity contribution in [1.82, 2.24) is 0 Å². The minimum absolute atomic E-state index is 0.114. The van der Waals surface area contributed by atoms with Crippen molar-refractivity contribution in [3.63, 3.8) is 0 Å². The third kappa shape index (κ3) is 3.19. The highest BCUT2D eigenvalue weighted by Gasteiger charge is 2.08. The molecule has 3 nitrogen and oxygen atoms in total. The zero-order valence-electron chi connectivity index (χ0n) is 10.1. The van der Waals surface area contributed by atoms with Gasteiger partial charge in [-0.25, -0.2) is 0 Å². The molecule has 0 bridgehead atoms. The van der Waals surface area contributed by atoms with Crippen LogP contribution in [0.1, 0.15) is 17.3 Å². The van der Waals surface area contributed by atoms with Crippen LogP contribution in [0, 0.1) is 0 Å². The van der Waals surface area contributed by atoms with Crippen LogP contribution < -0.4 is 10.5 Å². The molecular formula is C14H11Cl2NO2. The van der Waals surface area contributed by atoms with E-state index in [1.807, 2.05) is 0 Å². The minimum atomic E-state index is -0.114. The highest BCUT2D eigenvalue weighted by atomic mass is 35.5. The number of nitrogens with two attached hydrogens (primary N) is 1. The number of carbonyl (C=O) groups is 1. The molecule has 0 aliphatic carbocycles. The van der Waals surface area contributed by atoms with Gasteiger partial charge in [0.15, 0.2) is 5.78 Å². The van der Waals surface area contributed by atoms with Gasteiger partial charge in [-0.1, -0.05) is 23.2 Å². The number of halogens is 2. The summed E-state index contributed by atoms with van der Waals surface area (Å²) in [5.41, 5.74) is 6.57. The van der Waals surface area contributed by atoms with Crippen molar-refractivity contribution >= 4 is 34.7 Å². The van der Waals surface area contributed by atoms with Crippen LogP contribution in [0.15, 0.2) is 36.4 Å². The molecule has 0 heterocycles. The predicted molar refractivity (Wildman–Crippen MR) is 77.4 cm³/mol. The molecular weight excluding hydrogens is 285 g/mol. The fraction of sp³-hybridized carbons (Fsp3) is 0.0714. The first-order valence-electron chi connectivity index (χ1n) is 5.51. The molecule has 19 heavy (non-hydrogen) atoms. The number of ether oxygens (including phenoxy) is 1. The van der Waals surface area contributed by atoms with Crippen molar-refractivity contribution in [2.75, 3.05) is 5.73 Å². The number of benzene rings is 2. The number of ketones is 1. The Hall–Kier alpha value is -1.71. The third-order valence-corrected chi connectivity index (χ3v) is 3.27. The normalized spacial score (nSPS) is 10.3. The van der Waals surface area contributed by atoms with Gasteiger partial charge in [-0.2, -0.15) is 0 Å². The average molecular weight is 296 g/mol. The summed E-state index contributed by atoms with van der Waals surface area (Å²) in [4.78, 5) is 11.4. The molecule has 0 aliphatic rings. The van der Waals surface area contributed by atoms with E-state index >= 15 is 0 Å². The number of nitrogen functional groups attached to an aromatic ring is 1. The van der Waals surface area contributed by atoms with Crippen LogP contribution in [0.25, 0.3) is 0 Å². The van der Waals surface area contributed by atoms with Crippen LogP contribution >= 0.6 is 23.2 Å². The number of anilines is 1. The molecule has 0 saturated carbocycles. The molecule has 0 unspecified atom stereocenters. The quantitative estimate of drug-likeness (QED) is 0.666. The second kappa shape index (κ2) is 5.51. The molecule has 5 heteroatoms. The van der Waals surface area contributed by atoms with Crippen molar-refractivity contribution in [3.05, 3.63) is 52.0 Å². The van der Waals surface area contributed by atoms with Crippen LogP contribution in [0.2, 0.25) is 10.0 Å². The second-order valence-electron chi connectivity index (χ2n) is 3.98. The summed E-state index contributed by atoms with van der Waals surface area (Å²) < 4.78 is 5.61. The Morgan fingerprint density at radius 2 is 1.68 bits per heavy atom. The van der Waals surface area contributed by atoms with E-state index in [1.54, 1.807) is 36.4 Å². The van der Waals surface area contributed by atoms with Crippen LogP contribution in [0.5, 0.6) is 11.5 Å². The number of hydrogen-bond donors (Lipinski definition) is 1. The topological polar surface area (TPSA) is 52.3 Å². The van der Waals surface area contributed by atoms with Gasteiger partial charge in [0.25, 0.3) is 0 Å². The highest BCUT2D eigenvalue weighted by Crippen LogP contribution is 2.30. The van der Waals surface area contributed by atoms with Gasteiger partial charge in [0, 0.05) is 17.3 Å². The summed E-state index contributed by atoms with van der Waals surface area (Å²) in [5, 5.41) is 0.858. The molecule has 0 fully saturated rings. The van der Waals surface area contributed by atoms with E-state index in [4.69, 9.17) is 33.7 Å². The summed E-state index contributed by atoms with van der Waals surface area (Å²) >= 11 is 11.7. The number of hydrogen-bond acceptors (Lipinski definition) is 3. The van der Waals surface area contributed by atoms with Crippen molar-refractivity contribution in [1.29, 1.82) is 0 Å². The molecule has 98 valence electrons. The molecule has 0 saturated heterocycles. The van der Waals surface area contributed by atoms with Crippen molar-refractivity contribution in [2.24, 2.45) is 0 Å². The Labute approximate surface area is 120 Å². The SMILES string of the molecule is CC(=O)c1cc(Oc2ccc(Cl)c(Cl)c2)ccc1N. The van der Waals surface area contributed by atoms with E-state index in [9.17, 15) is 4.79 Å². The van der Waals surface area contributed by atoms with Gasteiger partial charge in [0.2, 0.25) is 0 Å². The van der Waals surface area contributed by atoms with Crippen molar-refractivity contribution in [3.8, 4) is 11.5 Å². The molecule has 0 aliphatic heterocycles. The maximum atomic E-state index is 11.4. The van der Waals surface area contributed by atoms with Gasteiger partial charge < -0.3 is 10.5 Å². The molecule has 0 amide bonds. The molecule has 2 aromatic carbocycles. The Bertz CT molecular complexity index is 641. The smallest absolute Gasteiger partial charge is 0.162 e. The molecule has 0 radical (unpaired) electrons. The number of carbonyl (C=O) groups excluding carboxylic acids is 1. The Balaban J connectivity index is 2.30. The van der Waals surface area contributed by atoms with Gasteiger partial charge in [-0.3, -0.25) is 4.79 Å². The lowest BCUT2D eigenvalue weighted by molar-refractivity contribution is 0.101. The van der Waals surface area contributed by atoms with Gasteiger partial charge in [0.1, 0.15) is 11.5 Å². The monoisotopic (exact) mass is 295 g/mol. The molecule has 0 aromatic heterocycles. The predicted octanol–water partition coefficient (Wildman–Crippen LogP) is 4.57. The number of Topliss-reactive ketones (excluding diaryl/α,β-unsaturated/α-hetero) is 1. The fourth-order valence-corrected chi connectivity index (χ4v) is 1.87. The molecule has 0 spiro atoms. The molecule has 2 N–H and O–H groups in total. The standard InChI is InChI=1S/C14H11Cl2NO2/c1-8(18)11-6-9(3-5-14(11)17)19-10-2-4-12(15)13(16)7-10/h2-7H,17H2,1H3. The van der Waals surface area contributed by atoms with E-state index in [2.05, 4.69) is 0 Å². The summed E-state index contributed by atoms with van der Waals surface area (Å²) in [6, 6.07) is 9.85. The summed E-state index contributed by atoms with van der Waals surface area (Å²) in [6.45, 7) is 1.45. The second-order valence-corrected chi connectivity index (χ2v) is 4.80. The lowest BCUT2D eigenvalue weighted by Crippen LogP contribution is -1.99. The van der Waals surface area contributed by atoms with Crippen LogP contribution in [-0.4, -0.2) is 5.78 Å². The van der Waals surface area contributed by atoms with Crippen molar-refractivity contribution in [2.45, 2.75) is 6.92 Å². The molecule has 2 rings (SSSR count). The molecule has 0 atom stereocenters. The fourth-order valence-electron chi connectivity index (χ4n) is 1.58. The maximum absolute atomic E-state index is 11.4. The highest BCUT2D eigenvalue weighted by molar-refractivity contribution is 6.42. The zero-order chi connectivity index (χ0) is 14.0. The van der Waals surface area contributed by atoms with Crippen LogP contribution in [-0.2, 0) is 0 Å². The zero-order valence-corrected chi connectivity index (χ0v) is 11.6. The van der Waals surface area contributed by atoms with E-state index < -0.39 is 0 Å². The Morgan fingerprint density at radius 1 is 1.05 bits per heavy atom. The van der Waals surface area contributed by atoms with E-state index in [0.29, 0.717) is 32.8 Å². The van der Waals surface area contributed by atoms with Gasteiger partial charge in [-0.05, 0) is 37.3 Å². The largest absolute Gasteiger partial charge is 0.457 e. The first-order chi connectivity index (χ1) is 8.97. The number of rotatable bonds is 3. The summed E-state index contributed by atoms with van der Waals surface area (Å²) in [6.07, 6.45) is 0. The third-order valence-electron chi connectivity index (χ3n) is 2.53. The van der Waals surface area contributed by atoms with Gasteiger partial charge >= 0.3 is 0 Å². The van der Waals surface area contributed by atoms with Crippen LogP contribution in [0.3, 0.4) is 0 Å². The summed E-state index contributed by atoms with van der Waals surface area (Å²) in [5.74, 6) is 0.934. The lowest BCUT2D eigenvalue weighted by Gasteiger charge is -2.09.